The minimum atomic E-state index is -0.347. The number of benzene rings is 1. The van der Waals surface area contributed by atoms with Crippen LogP contribution >= 0.6 is 0 Å². The summed E-state index contributed by atoms with van der Waals surface area (Å²) < 4.78 is 4.84. The van der Waals surface area contributed by atoms with Gasteiger partial charge in [0, 0.05) is 0 Å². The van der Waals surface area contributed by atoms with Crippen molar-refractivity contribution in [1.29, 1.82) is 0 Å². The van der Waals surface area contributed by atoms with Crippen LogP contribution in [0.4, 0.5) is 0 Å². The topological polar surface area (TPSA) is 26.3 Å². The fourth-order valence-corrected chi connectivity index (χ4v) is 1.21. The van der Waals surface area contributed by atoms with E-state index in [0.29, 0.717) is 5.56 Å². The monoisotopic (exact) mass is 188 g/mol. The molecule has 0 atom stereocenters. The second-order valence-electron chi connectivity index (χ2n) is 2.79. The van der Waals surface area contributed by atoms with Gasteiger partial charge >= 0.3 is 5.97 Å². The number of ether oxygens (including phenoxy) is 1. The Morgan fingerprint density at radius 3 is 2.86 bits per heavy atom. The average Bonchev–Trinajstić information content (AvgIpc) is 2.25. The Morgan fingerprint density at radius 2 is 2.21 bits per heavy atom. The SMILES string of the molecule is C#CCOC(=O)c1ccccc1CC. The first-order valence-electron chi connectivity index (χ1n) is 4.48. The normalized spacial score (nSPS) is 9.14. The van der Waals surface area contributed by atoms with Crippen molar-refractivity contribution in [3.63, 3.8) is 0 Å². The smallest absolute Gasteiger partial charge is 0.339 e. The minimum Gasteiger partial charge on any atom is -0.449 e. The fourth-order valence-electron chi connectivity index (χ4n) is 1.21. The molecule has 14 heavy (non-hydrogen) atoms. The molecule has 0 N–H and O–H groups in total. The molecule has 0 spiro atoms. The maximum absolute atomic E-state index is 11.5. The Bertz CT molecular complexity index is 361. The third-order valence-corrected chi connectivity index (χ3v) is 1.90. The zero-order valence-electron chi connectivity index (χ0n) is 8.12. The molecule has 0 saturated carbocycles. The van der Waals surface area contributed by atoms with E-state index in [0.717, 1.165) is 12.0 Å². The number of carbonyl (C=O) groups excluding carboxylic acids is 1. The summed E-state index contributed by atoms with van der Waals surface area (Å²) in [5.74, 6) is 1.92. The van der Waals surface area contributed by atoms with Crippen LogP contribution in [-0.2, 0) is 11.2 Å². The molecule has 2 nitrogen and oxygen atoms in total. The number of hydrogen-bond donors (Lipinski definition) is 0. The zero-order valence-corrected chi connectivity index (χ0v) is 8.12. The van der Waals surface area contributed by atoms with E-state index in [2.05, 4.69) is 5.92 Å². The van der Waals surface area contributed by atoms with E-state index in [1.807, 2.05) is 25.1 Å². The van der Waals surface area contributed by atoms with Gasteiger partial charge in [0.05, 0.1) is 5.56 Å². The van der Waals surface area contributed by atoms with Gasteiger partial charge in [-0.15, -0.1) is 6.42 Å². The minimum absolute atomic E-state index is 0.0247. The molecule has 0 aliphatic rings. The van der Waals surface area contributed by atoms with E-state index >= 15 is 0 Å². The van der Waals surface area contributed by atoms with Gasteiger partial charge in [0.15, 0.2) is 6.61 Å². The fraction of sp³-hybridized carbons (Fsp3) is 0.250. The first kappa shape index (κ1) is 10.3. The van der Waals surface area contributed by atoms with Crippen LogP contribution in [0, 0.1) is 12.3 Å². The maximum Gasteiger partial charge on any atom is 0.339 e. The lowest BCUT2D eigenvalue weighted by Crippen LogP contribution is -2.08. The molecule has 0 radical (unpaired) electrons. The van der Waals surface area contributed by atoms with Crippen LogP contribution in [0.5, 0.6) is 0 Å². The summed E-state index contributed by atoms with van der Waals surface area (Å²) in [6.07, 6.45) is 5.81. The summed E-state index contributed by atoms with van der Waals surface area (Å²) in [6, 6.07) is 7.37. The first-order chi connectivity index (χ1) is 6.79. The lowest BCUT2D eigenvalue weighted by molar-refractivity contribution is 0.0555. The van der Waals surface area contributed by atoms with E-state index in [4.69, 9.17) is 11.2 Å². The Hall–Kier alpha value is -1.75. The Morgan fingerprint density at radius 1 is 1.50 bits per heavy atom. The van der Waals surface area contributed by atoms with Crippen molar-refractivity contribution in [2.24, 2.45) is 0 Å². The van der Waals surface area contributed by atoms with Crippen LogP contribution in [0.1, 0.15) is 22.8 Å². The Kier molecular flexibility index (Phi) is 3.75. The van der Waals surface area contributed by atoms with Crippen LogP contribution in [0.15, 0.2) is 24.3 Å². The molecular formula is C12H12O2. The third kappa shape index (κ3) is 2.37. The summed E-state index contributed by atoms with van der Waals surface area (Å²) in [6.45, 7) is 2.02. The summed E-state index contributed by atoms with van der Waals surface area (Å²) in [5.41, 5.74) is 1.58. The van der Waals surface area contributed by atoms with E-state index in [-0.39, 0.29) is 12.6 Å². The van der Waals surface area contributed by atoms with Gasteiger partial charge in [0.25, 0.3) is 0 Å². The van der Waals surface area contributed by atoms with Crippen molar-refractivity contribution >= 4 is 5.97 Å². The number of carbonyl (C=O) groups is 1. The molecule has 0 aliphatic carbocycles. The molecule has 1 aromatic carbocycles. The number of hydrogen-bond acceptors (Lipinski definition) is 2. The predicted octanol–water partition coefficient (Wildman–Crippen LogP) is 2.04. The van der Waals surface area contributed by atoms with Gasteiger partial charge in [-0.3, -0.25) is 0 Å². The van der Waals surface area contributed by atoms with Gasteiger partial charge < -0.3 is 4.74 Å². The molecule has 0 heterocycles. The van der Waals surface area contributed by atoms with E-state index in [1.54, 1.807) is 6.07 Å². The van der Waals surface area contributed by atoms with E-state index in [9.17, 15) is 4.79 Å². The van der Waals surface area contributed by atoms with Gasteiger partial charge in [-0.25, -0.2) is 4.79 Å². The van der Waals surface area contributed by atoms with Crippen LogP contribution in [-0.4, -0.2) is 12.6 Å². The van der Waals surface area contributed by atoms with Gasteiger partial charge in [-0.1, -0.05) is 31.0 Å². The van der Waals surface area contributed by atoms with Crippen molar-refractivity contribution in [2.45, 2.75) is 13.3 Å². The van der Waals surface area contributed by atoms with Crippen molar-refractivity contribution < 1.29 is 9.53 Å². The first-order valence-corrected chi connectivity index (χ1v) is 4.48. The molecule has 0 fully saturated rings. The Balaban J connectivity index is 2.84. The van der Waals surface area contributed by atoms with Crippen LogP contribution in [0.2, 0.25) is 0 Å². The molecule has 1 aromatic rings. The highest BCUT2D eigenvalue weighted by Gasteiger charge is 2.09. The summed E-state index contributed by atoms with van der Waals surface area (Å²) in [4.78, 5) is 11.5. The number of terminal acetylenes is 1. The van der Waals surface area contributed by atoms with Crippen molar-refractivity contribution in [3.8, 4) is 12.3 Å². The van der Waals surface area contributed by atoms with Crippen LogP contribution in [0.3, 0.4) is 0 Å². The van der Waals surface area contributed by atoms with Crippen molar-refractivity contribution in [3.05, 3.63) is 35.4 Å². The highest BCUT2D eigenvalue weighted by Crippen LogP contribution is 2.10. The summed E-state index contributed by atoms with van der Waals surface area (Å²) in [5, 5.41) is 0. The maximum atomic E-state index is 11.5. The predicted molar refractivity (Wildman–Crippen MR) is 54.9 cm³/mol. The highest BCUT2D eigenvalue weighted by atomic mass is 16.5. The molecule has 72 valence electrons. The lowest BCUT2D eigenvalue weighted by Gasteiger charge is -2.05. The standard InChI is InChI=1S/C12H12O2/c1-3-9-14-12(13)11-8-6-5-7-10(11)4-2/h1,5-8H,4,9H2,2H3. The molecule has 0 saturated heterocycles. The van der Waals surface area contributed by atoms with Gasteiger partial charge in [0.2, 0.25) is 0 Å². The second-order valence-corrected chi connectivity index (χ2v) is 2.79. The molecule has 0 unspecified atom stereocenters. The average molecular weight is 188 g/mol. The molecule has 0 amide bonds. The van der Waals surface area contributed by atoms with E-state index in [1.165, 1.54) is 0 Å². The summed E-state index contributed by atoms with van der Waals surface area (Å²) in [7, 11) is 0. The quantitative estimate of drug-likeness (QED) is 0.536. The zero-order chi connectivity index (χ0) is 10.4. The summed E-state index contributed by atoms with van der Waals surface area (Å²) >= 11 is 0. The molecule has 0 bridgehead atoms. The lowest BCUT2D eigenvalue weighted by atomic mass is 10.1. The molecule has 2 heteroatoms. The highest BCUT2D eigenvalue weighted by molar-refractivity contribution is 5.91. The van der Waals surface area contributed by atoms with Crippen molar-refractivity contribution in [2.75, 3.05) is 6.61 Å². The van der Waals surface area contributed by atoms with Gasteiger partial charge in [0.1, 0.15) is 0 Å². The van der Waals surface area contributed by atoms with Gasteiger partial charge in [-0.05, 0) is 18.1 Å². The molecule has 0 aliphatic heterocycles. The number of esters is 1. The van der Waals surface area contributed by atoms with Crippen molar-refractivity contribution in [1.82, 2.24) is 0 Å². The molecule has 1 rings (SSSR count). The molecule has 0 aromatic heterocycles. The van der Waals surface area contributed by atoms with Gasteiger partial charge in [-0.2, -0.15) is 0 Å². The largest absolute Gasteiger partial charge is 0.449 e. The Labute approximate surface area is 83.9 Å². The third-order valence-electron chi connectivity index (χ3n) is 1.90. The molecular weight excluding hydrogens is 176 g/mol. The number of rotatable bonds is 3. The van der Waals surface area contributed by atoms with E-state index < -0.39 is 0 Å². The van der Waals surface area contributed by atoms with Crippen LogP contribution in [0.25, 0.3) is 0 Å². The number of aryl methyl sites for hydroxylation is 1. The van der Waals surface area contributed by atoms with Crippen LogP contribution < -0.4 is 0 Å². The second kappa shape index (κ2) is 5.08.